The van der Waals surface area contributed by atoms with Crippen molar-refractivity contribution >= 4 is 165 Å². The van der Waals surface area contributed by atoms with Gasteiger partial charge in [-0.05, 0) is 177 Å². The quantitative estimate of drug-likeness (QED) is 0.0616. The van der Waals surface area contributed by atoms with Crippen LogP contribution in [0.2, 0.25) is 0 Å². The zero-order chi connectivity index (χ0) is 63.1. The van der Waals surface area contributed by atoms with Gasteiger partial charge >= 0.3 is 12.4 Å². The highest BCUT2D eigenvalue weighted by Crippen LogP contribution is 2.47. The van der Waals surface area contributed by atoms with Gasteiger partial charge in [0.2, 0.25) is 13.4 Å². The van der Waals surface area contributed by atoms with Crippen molar-refractivity contribution in [1.29, 1.82) is 0 Å². The van der Waals surface area contributed by atoms with Crippen LogP contribution in [0.15, 0.2) is 303 Å². The van der Waals surface area contributed by atoms with Gasteiger partial charge in [-0.25, -0.2) is 0 Å². The molecule has 0 aliphatic heterocycles. The summed E-state index contributed by atoms with van der Waals surface area (Å²) in [6.45, 7) is -1.37. The molecule has 0 N–H and O–H groups in total. The topological polar surface area (TPSA) is 0 Å². The Hall–Kier alpha value is -11.2. The molecule has 0 aliphatic rings. The predicted molar refractivity (Wildman–Crippen MR) is 386 cm³/mol. The first-order valence-electron chi connectivity index (χ1n) is 31.7. The van der Waals surface area contributed by atoms with Crippen LogP contribution in [0.25, 0.3) is 141 Å². The molecule has 18 aromatic carbocycles. The molecule has 0 aromatic heterocycles. The van der Waals surface area contributed by atoms with E-state index < -0.39 is 36.9 Å². The molecule has 0 saturated carbocycles. The summed E-state index contributed by atoms with van der Waals surface area (Å²) in [6.07, 6.45) is -9.57. The largest absolute Gasteiger partial charge is 0.417 e. The molecular formula is C86H50B2F6. The average molecular weight is 1220 g/mol. The Morgan fingerprint density at radius 1 is 0.191 bits per heavy atom. The van der Waals surface area contributed by atoms with Gasteiger partial charge in [0, 0.05) is 0 Å². The van der Waals surface area contributed by atoms with Crippen LogP contribution in [0.1, 0.15) is 11.1 Å². The molecule has 0 radical (unpaired) electrons. The molecule has 0 nitrogen and oxygen atoms in total. The van der Waals surface area contributed by atoms with Crippen LogP contribution in [-0.2, 0) is 12.4 Å². The number of fused-ring (bicyclic) bond motifs is 8. The van der Waals surface area contributed by atoms with Crippen LogP contribution in [-0.4, -0.2) is 13.4 Å². The van der Waals surface area contributed by atoms with Gasteiger partial charge in [0.05, 0.1) is 11.1 Å². The second kappa shape index (κ2) is 21.2. The SMILES string of the molecule is FC(F)(F)c1ccccc1-c1cc(B(c2c3ccccc3cc3ccccc23)c2c3ccccc3cc3ccccc23)c2ccc3c(-c4ccccc4C(F)(F)F)cc(B(c4c5ccccc5cc5ccccc45)c4c5ccccc5cc5ccccc45)c4ccc1c2c43. The standard InChI is InChI=1S/C86H50B2F6/c89-85(90,91)75-39-19-17-37-67(75)73-49-77(87(81-59-29-9-1-21-51(59)45-52-22-2-10-30-60(52)81)82-61-31-11-3-23-53(61)46-54-24-4-12-32-62(54)82)71-43-41-70-74(68-38-18-20-40-76(68)86(92,93)94)50-78(72-44-42-69(73)79(71)80(70)72)88(83-63-33-13-5-25-55(63)47-56-26-6-14-34-64(56)83)84-65-35-15-7-27-57(65)48-58-28-8-16-36-66(58)84/h1-50H. The van der Waals surface area contributed by atoms with Crippen molar-refractivity contribution in [3.8, 4) is 22.3 Å². The summed E-state index contributed by atoms with van der Waals surface area (Å²) in [5, 5.41) is 19.7. The van der Waals surface area contributed by atoms with Gasteiger partial charge in [0.25, 0.3) is 0 Å². The number of hydrogen-bond acceptors (Lipinski definition) is 0. The fraction of sp³-hybridized carbons (Fsp3) is 0.0233. The van der Waals surface area contributed by atoms with Gasteiger partial charge < -0.3 is 0 Å². The Bertz CT molecular complexity index is 5350. The van der Waals surface area contributed by atoms with Gasteiger partial charge in [-0.3, -0.25) is 0 Å². The minimum absolute atomic E-state index is 0.0105. The van der Waals surface area contributed by atoms with Crippen molar-refractivity contribution in [2.45, 2.75) is 12.4 Å². The highest BCUT2D eigenvalue weighted by molar-refractivity contribution is 7.03. The molecule has 0 fully saturated rings. The molecule has 0 saturated heterocycles. The Morgan fingerprint density at radius 3 is 0.649 bits per heavy atom. The van der Waals surface area contributed by atoms with Crippen molar-refractivity contribution in [3.63, 3.8) is 0 Å². The molecule has 0 spiro atoms. The van der Waals surface area contributed by atoms with E-state index in [4.69, 9.17) is 0 Å². The lowest BCUT2D eigenvalue weighted by Crippen LogP contribution is -2.54. The number of benzene rings is 18. The Kier molecular flexibility index (Phi) is 12.5. The van der Waals surface area contributed by atoms with Gasteiger partial charge in [0.15, 0.2) is 0 Å². The second-order valence-corrected chi connectivity index (χ2v) is 25.0. The zero-order valence-electron chi connectivity index (χ0n) is 50.3. The van der Waals surface area contributed by atoms with Crippen molar-refractivity contribution in [2.75, 3.05) is 0 Å². The van der Waals surface area contributed by atoms with Crippen LogP contribution in [0.3, 0.4) is 0 Å². The van der Waals surface area contributed by atoms with E-state index in [0.717, 1.165) is 142 Å². The van der Waals surface area contributed by atoms with Crippen molar-refractivity contribution in [3.05, 3.63) is 314 Å². The van der Waals surface area contributed by atoms with E-state index in [-0.39, 0.29) is 11.1 Å². The summed E-state index contributed by atoms with van der Waals surface area (Å²) in [5.41, 5.74) is 4.48. The van der Waals surface area contributed by atoms with E-state index >= 15 is 26.3 Å². The van der Waals surface area contributed by atoms with Gasteiger partial charge in [-0.1, -0.05) is 300 Å². The second-order valence-electron chi connectivity index (χ2n) is 25.0. The van der Waals surface area contributed by atoms with E-state index in [1.165, 1.54) is 12.1 Å². The molecule has 0 bridgehead atoms. The minimum Gasteiger partial charge on any atom is -0.166 e. The summed E-state index contributed by atoms with van der Waals surface area (Å²) in [5.74, 6) is 0. The van der Waals surface area contributed by atoms with Crippen LogP contribution >= 0.6 is 0 Å². The smallest absolute Gasteiger partial charge is 0.166 e. The van der Waals surface area contributed by atoms with E-state index in [1.807, 2.05) is 133 Å². The first-order valence-corrected chi connectivity index (χ1v) is 31.7. The summed E-state index contributed by atoms with van der Waals surface area (Å²) >= 11 is 0. The van der Waals surface area contributed by atoms with E-state index in [0.29, 0.717) is 32.7 Å². The molecule has 0 aliphatic carbocycles. The number of rotatable bonds is 8. The number of hydrogen-bond donors (Lipinski definition) is 0. The molecule has 0 heterocycles. The highest BCUT2D eigenvalue weighted by atomic mass is 19.4. The van der Waals surface area contributed by atoms with Crippen molar-refractivity contribution in [1.82, 2.24) is 0 Å². The van der Waals surface area contributed by atoms with E-state index in [9.17, 15) is 0 Å². The Morgan fingerprint density at radius 2 is 0.404 bits per heavy atom. The zero-order valence-corrected chi connectivity index (χ0v) is 50.3. The van der Waals surface area contributed by atoms with Gasteiger partial charge in [-0.15, -0.1) is 0 Å². The molecule has 18 aromatic rings. The third kappa shape index (κ3) is 8.58. The molecule has 0 atom stereocenters. The van der Waals surface area contributed by atoms with Crippen LogP contribution in [0.5, 0.6) is 0 Å². The Balaban J connectivity index is 1.11. The maximum Gasteiger partial charge on any atom is 0.417 e. The summed E-state index contributed by atoms with van der Waals surface area (Å²) in [6, 6.07) is 99.3. The molecule has 0 amide bonds. The Labute approximate surface area is 537 Å². The summed E-state index contributed by atoms with van der Waals surface area (Å²) in [7, 11) is 0. The van der Waals surface area contributed by atoms with E-state index in [2.05, 4.69) is 121 Å². The van der Waals surface area contributed by atoms with Crippen LogP contribution in [0, 0.1) is 0 Å². The molecule has 442 valence electrons. The van der Waals surface area contributed by atoms with Crippen LogP contribution in [0.4, 0.5) is 26.3 Å². The number of halogens is 6. The maximum atomic E-state index is 16.2. The van der Waals surface area contributed by atoms with Crippen molar-refractivity contribution < 1.29 is 26.3 Å². The lowest BCUT2D eigenvalue weighted by molar-refractivity contribution is -0.137. The third-order valence-electron chi connectivity index (χ3n) is 20.0. The van der Waals surface area contributed by atoms with Crippen molar-refractivity contribution in [2.24, 2.45) is 0 Å². The fourth-order valence-electron chi connectivity index (χ4n) is 16.3. The first kappa shape index (κ1) is 55.6. The van der Waals surface area contributed by atoms with E-state index in [1.54, 1.807) is 24.3 Å². The molecule has 94 heavy (non-hydrogen) atoms. The normalized spacial score (nSPS) is 12.4. The molecule has 18 rings (SSSR count). The molecular weight excluding hydrogens is 1170 g/mol. The number of alkyl halides is 6. The monoisotopic (exact) mass is 1220 g/mol. The lowest BCUT2D eigenvalue weighted by atomic mass is 9.33. The molecule has 0 unspecified atom stereocenters. The summed E-state index contributed by atoms with van der Waals surface area (Å²) < 4.78 is 97.3. The predicted octanol–water partition coefficient (Wildman–Crippen LogP) is 20.2. The van der Waals surface area contributed by atoms with Gasteiger partial charge in [-0.2, -0.15) is 26.3 Å². The third-order valence-corrected chi connectivity index (χ3v) is 20.0. The maximum absolute atomic E-state index is 16.2. The average Bonchev–Trinajstić information content (AvgIpc) is 0.753. The molecule has 8 heteroatoms. The lowest BCUT2D eigenvalue weighted by Gasteiger charge is -2.29. The first-order chi connectivity index (χ1) is 45.9. The minimum atomic E-state index is -4.78. The van der Waals surface area contributed by atoms with Crippen LogP contribution < -0.4 is 32.8 Å². The fourth-order valence-corrected chi connectivity index (χ4v) is 16.3. The summed E-state index contributed by atoms with van der Waals surface area (Å²) in [4.78, 5) is 0. The van der Waals surface area contributed by atoms with Gasteiger partial charge in [0.1, 0.15) is 0 Å². The highest BCUT2D eigenvalue weighted by Gasteiger charge is 2.40.